The van der Waals surface area contributed by atoms with E-state index in [0.717, 1.165) is 0 Å². The molecular weight excluding hydrogens is 270 g/mol. The molecule has 0 saturated carbocycles. The van der Waals surface area contributed by atoms with Crippen LogP contribution in [0.25, 0.3) is 6.08 Å². The molecule has 0 spiro atoms. The standard InChI is InChI=1S/C15H19N3O3/c1-11-9-17(10-12(2)16-11)15(19)8-7-13-5-3-4-6-14(13)18(20)21/h3-8,11-12,16H,9-10H2,1-2H3. The van der Waals surface area contributed by atoms with Crippen LogP contribution in [0.5, 0.6) is 0 Å². The van der Waals surface area contributed by atoms with Gasteiger partial charge in [-0.1, -0.05) is 12.1 Å². The summed E-state index contributed by atoms with van der Waals surface area (Å²) in [7, 11) is 0. The number of nitrogens with one attached hydrogen (secondary N) is 1. The Morgan fingerprint density at radius 3 is 2.57 bits per heavy atom. The zero-order chi connectivity index (χ0) is 15.4. The monoisotopic (exact) mass is 289 g/mol. The number of nitro benzene ring substituents is 1. The third-order valence-electron chi connectivity index (χ3n) is 3.41. The number of hydrogen-bond donors (Lipinski definition) is 1. The molecule has 1 aliphatic rings. The number of benzene rings is 1. The lowest BCUT2D eigenvalue weighted by Crippen LogP contribution is -2.55. The highest BCUT2D eigenvalue weighted by atomic mass is 16.6. The van der Waals surface area contributed by atoms with E-state index in [1.165, 1.54) is 18.2 Å². The van der Waals surface area contributed by atoms with Crippen LogP contribution in [0, 0.1) is 10.1 Å². The Kier molecular flexibility index (Phi) is 4.70. The van der Waals surface area contributed by atoms with Crippen LogP contribution in [0.15, 0.2) is 30.3 Å². The summed E-state index contributed by atoms with van der Waals surface area (Å²) in [6, 6.07) is 6.88. The number of para-hydroxylation sites is 1. The molecule has 1 amide bonds. The minimum absolute atomic E-state index is 0.00333. The second kappa shape index (κ2) is 6.49. The molecule has 2 atom stereocenters. The van der Waals surface area contributed by atoms with Crippen molar-refractivity contribution in [2.45, 2.75) is 25.9 Å². The Bertz CT molecular complexity index is 561. The van der Waals surface area contributed by atoms with Crippen LogP contribution < -0.4 is 5.32 Å². The van der Waals surface area contributed by atoms with Gasteiger partial charge in [0, 0.05) is 37.3 Å². The van der Waals surface area contributed by atoms with E-state index in [1.54, 1.807) is 23.1 Å². The van der Waals surface area contributed by atoms with E-state index in [-0.39, 0.29) is 23.7 Å². The number of piperazine rings is 1. The quantitative estimate of drug-likeness (QED) is 0.523. The molecule has 2 unspecified atom stereocenters. The summed E-state index contributed by atoms with van der Waals surface area (Å²) in [5, 5.41) is 14.3. The third-order valence-corrected chi connectivity index (χ3v) is 3.41. The van der Waals surface area contributed by atoms with Crippen LogP contribution in [0.1, 0.15) is 19.4 Å². The largest absolute Gasteiger partial charge is 0.336 e. The van der Waals surface area contributed by atoms with Gasteiger partial charge in [0.15, 0.2) is 0 Å². The summed E-state index contributed by atoms with van der Waals surface area (Å²) in [5.41, 5.74) is 0.440. The van der Waals surface area contributed by atoms with Crippen LogP contribution in [-0.2, 0) is 4.79 Å². The number of carbonyl (C=O) groups is 1. The number of rotatable bonds is 3. The fraction of sp³-hybridized carbons (Fsp3) is 0.400. The molecule has 0 aliphatic carbocycles. The molecule has 6 nitrogen and oxygen atoms in total. The first-order valence-corrected chi connectivity index (χ1v) is 6.94. The minimum atomic E-state index is -0.445. The number of hydrogen-bond acceptors (Lipinski definition) is 4. The van der Waals surface area contributed by atoms with Crippen LogP contribution in [0.3, 0.4) is 0 Å². The molecule has 112 valence electrons. The molecule has 1 aliphatic heterocycles. The lowest BCUT2D eigenvalue weighted by Gasteiger charge is -2.35. The molecule has 1 N–H and O–H groups in total. The second-order valence-electron chi connectivity index (χ2n) is 5.36. The predicted octanol–water partition coefficient (Wildman–Crippen LogP) is 1.82. The number of carbonyl (C=O) groups excluding carboxylic acids is 1. The average molecular weight is 289 g/mol. The Labute approximate surface area is 123 Å². The third kappa shape index (κ3) is 3.88. The molecule has 1 saturated heterocycles. The summed E-state index contributed by atoms with van der Waals surface area (Å²) in [6.07, 6.45) is 2.92. The summed E-state index contributed by atoms with van der Waals surface area (Å²) in [6.45, 7) is 5.35. The first-order valence-electron chi connectivity index (χ1n) is 6.94. The fourth-order valence-electron chi connectivity index (χ4n) is 2.57. The van der Waals surface area contributed by atoms with E-state index in [4.69, 9.17) is 0 Å². The fourth-order valence-corrected chi connectivity index (χ4v) is 2.57. The molecular formula is C15H19N3O3. The van der Waals surface area contributed by atoms with Gasteiger partial charge >= 0.3 is 0 Å². The highest BCUT2D eigenvalue weighted by molar-refractivity contribution is 5.92. The van der Waals surface area contributed by atoms with Gasteiger partial charge in [0.05, 0.1) is 10.5 Å². The van der Waals surface area contributed by atoms with Crippen molar-refractivity contribution in [2.24, 2.45) is 0 Å². The van der Waals surface area contributed by atoms with Gasteiger partial charge in [-0.2, -0.15) is 0 Å². The van der Waals surface area contributed by atoms with E-state index in [1.807, 2.05) is 13.8 Å². The lowest BCUT2D eigenvalue weighted by molar-refractivity contribution is -0.385. The Hall–Kier alpha value is -2.21. The Morgan fingerprint density at radius 1 is 1.33 bits per heavy atom. The van der Waals surface area contributed by atoms with E-state index in [2.05, 4.69) is 5.32 Å². The van der Waals surface area contributed by atoms with E-state index in [9.17, 15) is 14.9 Å². The van der Waals surface area contributed by atoms with E-state index < -0.39 is 4.92 Å². The molecule has 0 bridgehead atoms. The van der Waals surface area contributed by atoms with Gasteiger partial charge in [-0.25, -0.2) is 0 Å². The maximum Gasteiger partial charge on any atom is 0.276 e. The van der Waals surface area contributed by atoms with Crippen molar-refractivity contribution in [1.29, 1.82) is 0 Å². The molecule has 1 fully saturated rings. The zero-order valence-electron chi connectivity index (χ0n) is 12.2. The lowest BCUT2D eigenvalue weighted by atomic mass is 10.1. The maximum absolute atomic E-state index is 12.2. The Balaban J connectivity index is 2.10. The van der Waals surface area contributed by atoms with Crippen molar-refractivity contribution >= 4 is 17.7 Å². The van der Waals surface area contributed by atoms with Crippen LogP contribution in [0.4, 0.5) is 5.69 Å². The molecule has 1 aromatic carbocycles. The van der Waals surface area contributed by atoms with Crippen molar-refractivity contribution in [3.05, 3.63) is 46.0 Å². The van der Waals surface area contributed by atoms with Crippen molar-refractivity contribution in [2.75, 3.05) is 13.1 Å². The average Bonchev–Trinajstić information content (AvgIpc) is 2.43. The summed E-state index contributed by atoms with van der Waals surface area (Å²) in [5.74, 6) is -0.117. The van der Waals surface area contributed by atoms with Gasteiger partial charge in [-0.3, -0.25) is 14.9 Å². The number of nitro groups is 1. The van der Waals surface area contributed by atoms with Crippen molar-refractivity contribution in [3.63, 3.8) is 0 Å². The molecule has 0 aromatic heterocycles. The van der Waals surface area contributed by atoms with Crippen LogP contribution >= 0.6 is 0 Å². The second-order valence-corrected chi connectivity index (χ2v) is 5.36. The van der Waals surface area contributed by atoms with E-state index in [0.29, 0.717) is 18.7 Å². The topological polar surface area (TPSA) is 75.5 Å². The molecule has 6 heteroatoms. The first kappa shape index (κ1) is 15.2. The number of amides is 1. The highest BCUT2D eigenvalue weighted by Gasteiger charge is 2.23. The zero-order valence-corrected chi connectivity index (χ0v) is 12.2. The normalized spacial score (nSPS) is 22.5. The first-order chi connectivity index (χ1) is 9.97. The molecule has 21 heavy (non-hydrogen) atoms. The van der Waals surface area contributed by atoms with Gasteiger partial charge in [-0.05, 0) is 26.0 Å². The van der Waals surface area contributed by atoms with Crippen LogP contribution in [-0.4, -0.2) is 40.9 Å². The van der Waals surface area contributed by atoms with Gasteiger partial charge in [0.25, 0.3) is 5.69 Å². The summed E-state index contributed by atoms with van der Waals surface area (Å²) in [4.78, 5) is 24.4. The van der Waals surface area contributed by atoms with Crippen molar-refractivity contribution in [1.82, 2.24) is 10.2 Å². The SMILES string of the molecule is CC1CN(C(=O)C=Cc2ccccc2[N+](=O)[O-])CC(C)N1. The van der Waals surface area contributed by atoms with Gasteiger partial charge in [-0.15, -0.1) is 0 Å². The smallest absolute Gasteiger partial charge is 0.276 e. The summed E-state index contributed by atoms with van der Waals surface area (Å²) < 4.78 is 0. The molecule has 1 heterocycles. The van der Waals surface area contributed by atoms with E-state index >= 15 is 0 Å². The van der Waals surface area contributed by atoms with Crippen molar-refractivity contribution < 1.29 is 9.72 Å². The van der Waals surface area contributed by atoms with Gasteiger partial charge < -0.3 is 10.2 Å². The molecule has 2 rings (SSSR count). The number of nitrogens with zero attached hydrogens (tertiary/aromatic N) is 2. The maximum atomic E-state index is 12.2. The molecule has 0 radical (unpaired) electrons. The summed E-state index contributed by atoms with van der Waals surface area (Å²) >= 11 is 0. The van der Waals surface area contributed by atoms with Crippen LogP contribution in [0.2, 0.25) is 0 Å². The van der Waals surface area contributed by atoms with Gasteiger partial charge in [0.2, 0.25) is 5.91 Å². The minimum Gasteiger partial charge on any atom is -0.336 e. The predicted molar refractivity (Wildman–Crippen MR) is 80.8 cm³/mol. The Morgan fingerprint density at radius 2 is 1.95 bits per heavy atom. The highest BCUT2D eigenvalue weighted by Crippen LogP contribution is 2.19. The van der Waals surface area contributed by atoms with Gasteiger partial charge in [0.1, 0.15) is 0 Å². The molecule has 1 aromatic rings. The van der Waals surface area contributed by atoms with Crippen molar-refractivity contribution in [3.8, 4) is 0 Å².